The Hall–Kier alpha value is -2.04. The molecule has 2 aromatic rings. The lowest BCUT2D eigenvalue weighted by molar-refractivity contribution is -0.385. The summed E-state index contributed by atoms with van der Waals surface area (Å²) in [5.74, 6) is 0.284. The molecule has 78 valence electrons. The molecule has 5 heteroatoms. The van der Waals surface area contributed by atoms with Crippen molar-refractivity contribution in [1.82, 2.24) is 4.98 Å². The molecule has 0 aliphatic rings. The number of fused-ring (bicyclic) bond motifs is 1. The molecule has 1 aromatic carbocycles. The van der Waals surface area contributed by atoms with Gasteiger partial charge in [-0.25, -0.2) is 0 Å². The molecule has 0 atom stereocenters. The maximum absolute atomic E-state index is 10.7. The molecule has 0 saturated carbocycles. The van der Waals surface area contributed by atoms with Crippen molar-refractivity contribution in [1.29, 1.82) is 0 Å². The molecule has 0 aliphatic heterocycles. The van der Waals surface area contributed by atoms with Gasteiger partial charge >= 0.3 is 5.69 Å². The Morgan fingerprint density at radius 3 is 2.73 bits per heavy atom. The first-order chi connectivity index (χ1) is 7.11. The Labute approximate surface area is 85.8 Å². The van der Waals surface area contributed by atoms with Crippen molar-refractivity contribution < 1.29 is 9.66 Å². The summed E-state index contributed by atoms with van der Waals surface area (Å²) in [5.41, 5.74) is 1.69. The molecule has 0 bridgehead atoms. The van der Waals surface area contributed by atoms with Crippen molar-refractivity contribution in [3.63, 3.8) is 0 Å². The van der Waals surface area contributed by atoms with E-state index in [9.17, 15) is 10.1 Å². The van der Waals surface area contributed by atoms with E-state index in [1.165, 1.54) is 13.2 Å². The second kappa shape index (κ2) is 3.27. The molecule has 0 aliphatic carbocycles. The average molecular weight is 206 g/mol. The third kappa shape index (κ3) is 1.52. The minimum atomic E-state index is -0.450. The summed E-state index contributed by atoms with van der Waals surface area (Å²) in [5, 5.41) is 11.7. The van der Waals surface area contributed by atoms with Crippen molar-refractivity contribution in [2.75, 3.05) is 7.11 Å². The van der Waals surface area contributed by atoms with Crippen molar-refractivity contribution in [3.05, 3.63) is 34.0 Å². The third-order valence-corrected chi connectivity index (χ3v) is 2.25. The fourth-order valence-electron chi connectivity index (χ4n) is 1.60. The van der Waals surface area contributed by atoms with Crippen LogP contribution in [-0.4, -0.2) is 17.0 Å². The quantitative estimate of drug-likeness (QED) is 0.605. The van der Waals surface area contributed by atoms with E-state index in [1.807, 2.05) is 13.0 Å². The summed E-state index contributed by atoms with van der Waals surface area (Å²) in [4.78, 5) is 13.3. The molecule has 15 heavy (non-hydrogen) atoms. The van der Waals surface area contributed by atoms with Crippen molar-refractivity contribution >= 4 is 16.6 Å². The second-order valence-corrected chi connectivity index (χ2v) is 3.32. The number of aryl methyl sites for hydroxylation is 1. The lowest BCUT2D eigenvalue weighted by Gasteiger charge is -2.00. The summed E-state index contributed by atoms with van der Waals surface area (Å²) >= 11 is 0. The summed E-state index contributed by atoms with van der Waals surface area (Å²) in [6.07, 6.45) is 0. The number of hydrogen-bond donors (Lipinski definition) is 1. The molecule has 0 saturated heterocycles. The van der Waals surface area contributed by atoms with Crippen LogP contribution in [-0.2, 0) is 0 Å². The van der Waals surface area contributed by atoms with Crippen molar-refractivity contribution in [2.24, 2.45) is 0 Å². The number of benzene rings is 1. The van der Waals surface area contributed by atoms with Crippen LogP contribution in [0.2, 0.25) is 0 Å². The van der Waals surface area contributed by atoms with Crippen molar-refractivity contribution in [3.8, 4) is 5.75 Å². The number of rotatable bonds is 2. The van der Waals surface area contributed by atoms with Crippen LogP contribution < -0.4 is 4.74 Å². The summed E-state index contributed by atoms with van der Waals surface area (Å²) in [7, 11) is 1.42. The van der Waals surface area contributed by atoms with Gasteiger partial charge in [0.2, 0.25) is 0 Å². The number of aromatic nitrogens is 1. The normalized spacial score (nSPS) is 10.5. The van der Waals surface area contributed by atoms with Crippen LogP contribution in [0.25, 0.3) is 10.9 Å². The molecular weight excluding hydrogens is 196 g/mol. The Morgan fingerprint density at radius 1 is 1.40 bits per heavy atom. The number of nitro groups is 1. The highest BCUT2D eigenvalue weighted by molar-refractivity contribution is 5.85. The Balaban J connectivity index is 2.73. The monoisotopic (exact) mass is 206 g/mol. The fourth-order valence-corrected chi connectivity index (χ4v) is 1.60. The first kappa shape index (κ1) is 9.51. The van der Waals surface area contributed by atoms with E-state index in [4.69, 9.17) is 4.74 Å². The predicted molar refractivity (Wildman–Crippen MR) is 56.2 cm³/mol. The molecule has 1 heterocycles. The highest BCUT2D eigenvalue weighted by Crippen LogP contribution is 2.31. The number of H-pyrrole nitrogens is 1. The molecule has 0 spiro atoms. The third-order valence-electron chi connectivity index (χ3n) is 2.25. The smallest absolute Gasteiger partial charge is 0.313 e. The first-order valence-electron chi connectivity index (χ1n) is 4.43. The van der Waals surface area contributed by atoms with Crippen LogP contribution >= 0.6 is 0 Å². The zero-order valence-corrected chi connectivity index (χ0v) is 8.40. The van der Waals surface area contributed by atoms with Crippen LogP contribution in [0.15, 0.2) is 18.2 Å². The van der Waals surface area contributed by atoms with Gasteiger partial charge < -0.3 is 9.72 Å². The maximum atomic E-state index is 10.7. The number of nitrogens with zero attached hydrogens (tertiary/aromatic N) is 1. The van der Waals surface area contributed by atoms with Gasteiger partial charge in [0.1, 0.15) is 0 Å². The molecule has 2 rings (SSSR count). The van der Waals surface area contributed by atoms with E-state index in [-0.39, 0.29) is 11.4 Å². The van der Waals surface area contributed by atoms with Gasteiger partial charge in [0, 0.05) is 17.1 Å². The number of nitro benzene ring substituents is 1. The fraction of sp³-hybridized carbons (Fsp3) is 0.200. The van der Waals surface area contributed by atoms with Crippen LogP contribution in [0.5, 0.6) is 5.75 Å². The van der Waals surface area contributed by atoms with Gasteiger partial charge in [0.25, 0.3) is 0 Å². The molecule has 1 aromatic heterocycles. The molecular formula is C10H10N2O3. The van der Waals surface area contributed by atoms with E-state index < -0.39 is 4.92 Å². The molecule has 1 N–H and O–H groups in total. The van der Waals surface area contributed by atoms with Gasteiger partial charge in [-0.15, -0.1) is 0 Å². The zero-order chi connectivity index (χ0) is 11.0. The summed E-state index contributed by atoms with van der Waals surface area (Å²) in [6.45, 7) is 1.90. The van der Waals surface area contributed by atoms with Gasteiger partial charge in [0.05, 0.1) is 17.5 Å². The van der Waals surface area contributed by atoms with Crippen LogP contribution in [0.4, 0.5) is 5.69 Å². The van der Waals surface area contributed by atoms with Crippen LogP contribution in [0.1, 0.15) is 5.69 Å². The van der Waals surface area contributed by atoms with E-state index in [2.05, 4.69) is 4.98 Å². The minimum Gasteiger partial charge on any atom is -0.490 e. The minimum absolute atomic E-state index is 0.0214. The van der Waals surface area contributed by atoms with E-state index >= 15 is 0 Å². The van der Waals surface area contributed by atoms with Gasteiger partial charge in [-0.1, -0.05) is 0 Å². The highest BCUT2D eigenvalue weighted by atomic mass is 16.6. The zero-order valence-electron chi connectivity index (χ0n) is 8.40. The standard InChI is InChI=1S/C10H10N2O3/c1-6-3-7-4-10(15-2)9(12(13)14)5-8(7)11-6/h3-5,11H,1-2H3. The predicted octanol–water partition coefficient (Wildman–Crippen LogP) is 2.39. The summed E-state index contributed by atoms with van der Waals surface area (Å²) < 4.78 is 4.97. The number of aromatic amines is 1. The van der Waals surface area contributed by atoms with Gasteiger partial charge in [0.15, 0.2) is 5.75 Å². The number of methoxy groups -OCH3 is 1. The van der Waals surface area contributed by atoms with Crippen molar-refractivity contribution in [2.45, 2.75) is 6.92 Å². The SMILES string of the molecule is COc1cc2cc(C)[nH]c2cc1[N+](=O)[O-]. The molecule has 5 nitrogen and oxygen atoms in total. The van der Waals surface area contributed by atoms with Gasteiger partial charge in [-0.3, -0.25) is 10.1 Å². The topological polar surface area (TPSA) is 68.2 Å². The second-order valence-electron chi connectivity index (χ2n) is 3.32. The first-order valence-corrected chi connectivity index (χ1v) is 4.43. The molecule has 0 unspecified atom stereocenters. The van der Waals surface area contributed by atoms with Crippen LogP contribution in [0, 0.1) is 17.0 Å². The largest absolute Gasteiger partial charge is 0.490 e. The molecule has 0 amide bonds. The Kier molecular flexibility index (Phi) is 2.07. The van der Waals surface area contributed by atoms with Crippen LogP contribution in [0.3, 0.4) is 0 Å². The number of hydrogen-bond acceptors (Lipinski definition) is 3. The van der Waals surface area contributed by atoms with Gasteiger partial charge in [-0.2, -0.15) is 0 Å². The molecule has 0 fully saturated rings. The van der Waals surface area contributed by atoms with E-state index in [0.29, 0.717) is 0 Å². The molecule has 0 radical (unpaired) electrons. The lowest BCUT2D eigenvalue weighted by Crippen LogP contribution is -1.93. The van der Waals surface area contributed by atoms with Gasteiger partial charge in [-0.05, 0) is 19.1 Å². The maximum Gasteiger partial charge on any atom is 0.313 e. The number of ether oxygens (including phenoxy) is 1. The van der Waals surface area contributed by atoms with E-state index in [1.54, 1.807) is 6.07 Å². The Morgan fingerprint density at radius 2 is 2.13 bits per heavy atom. The number of nitrogens with one attached hydrogen (secondary N) is 1. The highest BCUT2D eigenvalue weighted by Gasteiger charge is 2.16. The summed E-state index contributed by atoms with van der Waals surface area (Å²) in [6, 6.07) is 5.07. The average Bonchev–Trinajstić information content (AvgIpc) is 2.54. The lowest BCUT2D eigenvalue weighted by atomic mass is 10.2. The van der Waals surface area contributed by atoms with E-state index in [0.717, 1.165) is 16.6 Å². The Bertz CT molecular complexity index is 531.